The Morgan fingerprint density at radius 2 is 1.72 bits per heavy atom. The molecule has 0 bridgehead atoms. The van der Waals surface area contributed by atoms with Gasteiger partial charge < -0.3 is 5.32 Å². The summed E-state index contributed by atoms with van der Waals surface area (Å²) >= 11 is 1.39. The summed E-state index contributed by atoms with van der Waals surface area (Å²) in [5.41, 5.74) is 3.81. The highest BCUT2D eigenvalue weighted by Gasteiger charge is 2.13. The molecule has 142 valence electrons. The third-order valence-corrected chi connectivity index (χ3v) is 5.90. The molecule has 0 spiro atoms. The summed E-state index contributed by atoms with van der Waals surface area (Å²) in [5, 5.41) is 15.6. The highest BCUT2D eigenvalue weighted by molar-refractivity contribution is 7.99. The van der Waals surface area contributed by atoms with E-state index in [4.69, 9.17) is 0 Å². The fourth-order valence-corrected chi connectivity index (χ4v) is 4.37. The van der Waals surface area contributed by atoms with Crippen LogP contribution < -0.4 is 5.32 Å². The quantitative estimate of drug-likeness (QED) is 0.429. The Hall–Kier alpha value is -3.38. The van der Waals surface area contributed by atoms with Gasteiger partial charge in [0.1, 0.15) is 0 Å². The van der Waals surface area contributed by atoms with Gasteiger partial charge in [-0.25, -0.2) is 0 Å². The smallest absolute Gasteiger partial charge is 0.234 e. The number of anilines is 1. The zero-order valence-corrected chi connectivity index (χ0v) is 16.6. The van der Waals surface area contributed by atoms with E-state index in [-0.39, 0.29) is 11.7 Å². The molecule has 5 nitrogen and oxygen atoms in total. The van der Waals surface area contributed by atoms with Crippen LogP contribution in [-0.2, 0) is 4.79 Å². The number of carbonyl (C=O) groups is 1. The largest absolute Gasteiger partial charge is 0.325 e. The van der Waals surface area contributed by atoms with Crippen molar-refractivity contribution in [2.45, 2.75) is 12.1 Å². The van der Waals surface area contributed by atoms with Crippen molar-refractivity contribution in [3.8, 4) is 0 Å². The number of benzene rings is 3. The number of nitrogens with one attached hydrogen (secondary N) is 1. The number of para-hydroxylation sites is 1. The van der Waals surface area contributed by atoms with Gasteiger partial charge in [0, 0.05) is 16.5 Å². The number of aryl methyl sites for hydroxylation is 1. The molecule has 0 radical (unpaired) electrons. The average molecular weight is 398 g/mol. The maximum Gasteiger partial charge on any atom is 0.234 e. The molecule has 5 aromatic rings. The van der Waals surface area contributed by atoms with Gasteiger partial charge in [0.05, 0.1) is 11.3 Å². The highest BCUT2D eigenvalue weighted by atomic mass is 32.2. The molecule has 5 rings (SSSR count). The van der Waals surface area contributed by atoms with E-state index in [1.54, 1.807) is 0 Å². The SMILES string of the molecule is Cc1cc2nnc(SCC(=O)Nc3cccc4ccccc34)n2c2ccccc12. The molecular formula is C23H18N4OS. The highest BCUT2D eigenvalue weighted by Crippen LogP contribution is 2.27. The standard InChI is InChI=1S/C23H18N4OS/c1-15-13-21-25-26-23(27(21)20-12-5-4-9-17(15)20)29-14-22(28)24-19-11-6-8-16-7-2-3-10-18(16)19/h2-13H,14H2,1H3,(H,24,28). The predicted octanol–water partition coefficient (Wildman–Crippen LogP) is 5.07. The Morgan fingerprint density at radius 1 is 0.966 bits per heavy atom. The van der Waals surface area contributed by atoms with Gasteiger partial charge in [0.2, 0.25) is 5.91 Å². The van der Waals surface area contributed by atoms with Gasteiger partial charge in [0.15, 0.2) is 10.8 Å². The fraction of sp³-hybridized carbons (Fsp3) is 0.0870. The lowest BCUT2D eigenvalue weighted by atomic mass is 10.1. The summed E-state index contributed by atoms with van der Waals surface area (Å²) in [5.74, 6) is 0.186. The van der Waals surface area contributed by atoms with Crippen LogP contribution in [0.2, 0.25) is 0 Å². The van der Waals surface area contributed by atoms with Gasteiger partial charge in [0.25, 0.3) is 0 Å². The maximum atomic E-state index is 12.6. The number of rotatable bonds is 4. The molecule has 0 saturated carbocycles. The first-order valence-corrected chi connectivity index (χ1v) is 10.3. The number of hydrogen-bond acceptors (Lipinski definition) is 4. The fourth-order valence-electron chi connectivity index (χ4n) is 3.62. The molecule has 0 saturated heterocycles. The number of nitrogens with zero attached hydrogens (tertiary/aromatic N) is 3. The summed E-state index contributed by atoms with van der Waals surface area (Å²) in [4.78, 5) is 12.6. The topological polar surface area (TPSA) is 59.3 Å². The van der Waals surface area contributed by atoms with E-state index in [1.807, 2.05) is 65.1 Å². The van der Waals surface area contributed by atoms with Crippen molar-refractivity contribution in [3.05, 3.63) is 78.4 Å². The third kappa shape index (κ3) is 3.21. The van der Waals surface area contributed by atoms with Crippen molar-refractivity contribution in [2.75, 3.05) is 11.1 Å². The molecule has 0 aliphatic carbocycles. The third-order valence-electron chi connectivity index (χ3n) is 4.97. The summed E-state index contributed by atoms with van der Waals surface area (Å²) in [7, 11) is 0. The van der Waals surface area contributed by atoms with Crippen molar-refractivity contribution in [1.82, 2.24) is 14.6 Å². The first-order valence-electron chi connectivity index (χ1n) is 9.34. The number of thioether (sulfide) groups is 1. The minimum atomic E-state index is -0.0699. The van der Waals surface area contributed by atoms with Crippen molar-refractivity contribution < 1.29 is 4.79 Å². The second-order valence-corrected chi connectivity index (χ2v) is 7.83. The monoisotopic (exact) mass is 398 g/mol. The molecule has 3 aromatic carbocycles. The van der Waals surface area contributed by atoms with Crippen LogP contribution in [0.25, 0.3) is 27.3 Å². The molecule has 2 aromatic heterocycles. The lowest BCUT2D eigenvalue weighted by molar-refractivity contribution is -0.113. The molecule has 0 fully saturated rings. The summed E-state index contributed by atoms with van der Waals surface area (Å²) < 4.78 is 2.01. The van der Waals surface area contributed by atoms with Crippen molar-refractivity contribution in [3.63, 3.8) is 0 Å². The Balaban J connectivity index is 1.41. The molecule has 1 N–H and O–H groups in total. The Labute approximate surface area is 171 Å². The van der Waals surface area contributed by atoms with E-state index in [1.165, 1.54) is 11.8 Å². The first kappa shape index (κ1) is 17.7. The number of carbonyl (C=O) groups excluding carboxylic acids is 1. The Kier molecular flexibility index (Phi) is 4.41. The molecule has 0 aliphatic heterocycles. The average Bonchev–Trinajstić information content (AvgIpc) is 3.16. The molecule has 2 heterocycles. The molecule has 6 heteroatoms. The summed E-state index contributed by atoms with van der Waals surface area (Å²) in [6.07, 6.45) is 0. The van der Waals surface area contributed by atoms with Gasteiger partial charge in [-0.2, -0.15) is 0 Å². The molecule has 0 unspecified atom stereocenters. The second kappa shape index (κ2) is 7.22. The van der Waals surface area contributed by atoms with E-state index in [9.17, 15) is 4.79 Å². The van der Waals surface area contributed by atoms with Crippen LogP contribution in [0.3, 0.4) is 0 Å². The maximum absolute atomic E-state index is 12.6. The van der Waals surface area contributed by atoms with Crippen molar-refractivity contribution in [1.29, 1.82) is 0 Å². The predicted molar refractivity (Wildman–Crippen MR) is 119 cm³/mol. The van der Waals surface area contributed by atoms with Gasteiger partial charge in [-0.1, -0.05) is 66.4 Å². The Morgan fingerprint density at radius 3 is 2.62 bits per heavy atom. The van der Waals surface area contributed by atoms with E-state index in [0.29, 0.717) is 5.16 Å². The van der Waals surface area contributed by atoms with Crippen LogP contribution in [-0.4, -0.2) is 26.3 Å². The number of pyridine rings is 1. The summed E-state index contributed by atoms with van der Waals surface area (Å²) in [6, 6.07) is 24.1. The molecule has 0 atom stereocenters. The normalized spacial score (nSPS) is 11.3. The first-order chi connectivity index (χ1) is 14.2. The van der Waals surface area contributed by atoms with Crippen molar-refractivity contribution in [2.24, 2.45) is 0 Å². The van der Waals surface area contributed by atoms with Crippen LogP contribution in [0.4, 0.5) is 5.69 Å². The molecule has 1 amide bonds. The van der Waals surface area contributed by atoms with E-state index in [2.05, 4.69) is 34.6 Å². The minimum absolute atomic E-state index is 0.0699. The van der Waals surface area contributed by atoms with Gasteiger partial charge in [-0.3, -0.25) is 9.20 Å². The number of fused-ring (bicyclic) bond motifs is 4. The van der Waals surface area contributed by atoms with Crippen LogP contribution in [0, 0.1) is 6.92 Å². The summed E-state index contributed by atoms with van der Waals surface area (Å²) in [6.45, 7) is 2.07. The number of hydrogen-bond donors (Lipinski definition) is 1. The van der Waals surface area contributed by atoms with Crippen LogP contribution in [0.5, 0.6) is 0 Å². The van der Waals surface area contributed by atoms with Gasteiger partial charge in [-0.05, 0) is 36.1 Å². The number of aromatic nitrogens is 3. The Bertz CT molecular complexity index is 1370. The van der Waals surface area contributed by atoms with E-state index in [0.717, 1.165) is 38.6 Å². The molecule has 0 aliphatic rings. The van der Waals surface area contributed by atoms with E-state index >= 15 is 0 Å². The van der Waals surface area contributed by atoms with Crippen LogP contribution >= 0.6 is 11.8 Å². The van der Waals surface area contributed by atoms with E-state index < -0.39 is 0 Å². The zero-order chi connectivity index (χ0) is 19.8. The molecular weight excluding hydrogens is 380 g/mol. The zero-order valence-electron chi connectivity index (χ0n) is 15.8. The molecule has 29 heavy (non-hydrogen) atoms. The lowest BCUT2D eigenvalue weighted by Gasteiger charge is -2.09. The van der Waals surface area contributed by atoms with Crippen LogP contribution in [0.15, 0.2) is 78.0 Å². The van der Waals surface area contributed by atoms with Gasteiger partial charge >= 0.3 is 0 Å². The van der Waals surface area contributed by atoms with Crippen LogP contribution in [0.1, 0.15) is 5.56 Å². The van der Waals surface area contributed by atoms with Crippen molar-refractivity contribution >= 4 is 50.7 Å². The minimum Gasteiger partial charge on any atom is -0.325 e. The second-order valence-electron chi connectivity index (χ2n) is 6.88. The lowest BCUT2D eigenvalue weighted by Crippen LogP contribution is -2.14. The van der Waals surface area contributed by atoms with Gasteiger partial charge in [-0.15, -0.1) is 10.2 Å². The number of amides is 1.